The lowest BCUT2D eigenvalue weighted by molar-refractivity contribution is 0.0734. The van der Waals surface area contributed by atoms with Crippen LogP contribution in [0.1, 0.15) is 15.9 Å². The van der Waals surface area contributed by atoms with Gasteiger partial charge in [0.05, 0.1) is 17.5 Å². The number of nitrogens with one attached hydrogen (secondary N) is 1. The molecule has 0 fully saturated rings. The van der Waals surface area contributed by atoms with Crippen molar-refractivity contribution in [3.63, 3.8) is 0 Å². The maximum Gasteiger partial charge on any atom is 0.343 e. The number of esters is 1. The predicted molar refractivity (Wildman–Crippen MR) is 129 cm³/mol. The number of rotatable bonds is 6. The second-order valence-corrected chi connectivity index (χ2v) is 8.56. The van der Waals surface area contributed by atoms with E-state index >= 15 is 0 Å². The topological polar surface area (TPSA) is 63.6 Å². The molecule has 0 unspecified atom stereocenters. The molecule has 0 atom stereocenters. The number of benzene rings is 3. The molecule has 0 bridgehead atoms. The van der Waals surface area contributed by atoms with E-state index in [1.165, 1.54) is 11.3 Å². The summed E-state index contributed by atoms with van der Waals surface area (Å²) in [5.74, 6) is -0.0628. The third-order valence-corrected chi connectivity index (χ3v) is 5.74. The van der Waals surface area contributed by atoms with Crippen molar-refractivity contribution in [3.05, 3.63) is 98.8 Å². The fourth-order valence-corrected chi connectivity index (χ4v) is 3.72. The molecule has 4 aromatic rings. The Morgan fingerprint density at radius 2 is 1.81 bits per heavy atom. The molecule has 0 saturated heterocycles. The molecular formula is C23H15BrClN3O2S. The van der Waals surface area contributed by atoms with E-state index in [1.807, 2.05) is 41.8 Å². The number of carbonyl (C=O) groups excluding carboxylic acids is 1. The van der Waals surface area contributed by atoms with Crippen LogP contribution in [-0.2, 0) is 0 Å². The summed E-state index contributed by atoms with van der Waals surface area (Å²) in [6.07, 6.45) is 1.59. The van der Waals surface area contributed by atoms with E-state index in [0.717, 1.165) is 15.7 Å². The van der Waals surface area contributed by atoms with Crippen molar-refractivity contribution in [3.8, 4) is 17.0 Å². The van der Waals surface area contributed by atoms with Gasteiger partial charge in [0.2, 0.25) is 5.13 Å². The van der Waals surface area contributed by atoms with E-state index in [0.29, 0.717) is 27.0 Å². The first kappa shape index (κ1) is 21.2. The molecule has 1 heterocycles. The van der Waals surface area contributed by atoms with Crippen molar-refractivity contribution in [1.82, 2.24) is 4.98 Å². The average molecular weight is 513 g/mol. The number of carbonyl (C=O) groups is 1. The van der Waals surface area contributed by atoms with Crippen LogP contribution in [0.15, 0.2) is 87.8 Å². The summed E-state index contributed by atoms with van der Waals surface area (Å²) in [6.45, 7) is 0. The van der Waals surface area contributed by atoms with Crippen LogP contribution in [0.3, 0.4) is 0 Å². The van der Waals surface area contributed by atoms with Crippen molar-refractivity contribution < 1.29 is 9.53 Å². The zero-order valence-electron chi connectivity index (χ0n) is 16.0. The van der Waals surface area contributed by atoms with E-state index in [-0.39, 0.29) is 0 Å². The number of thiazole rings is 1. The van der Waals surface area contributed by atoms with Crippen LogP contribution < -0.4 is 10.2 Å². The summed E-state index contributed by atoms with van der Waals surface area (Å²) in [4.78, 5) is 16.9. The lowest BCUT2D eigenvalue weighted by Gasteiger charge is -2.07. The number of hydrogen-bond donors (Lipinski definition) is 1. The van der Waals surface area contributed by atoms with Crippen LogP contribution in [0.25, 0.3) is 11.3 Å². The van der Waals surface area contributed by atoms with Crippen molar-refractivity contribution in [2.75, 3.05) is 5.43 Å². The smallest absolute Gasteiger partial charge is 0.343 e. The summed E-state index contributed by atoms with van der Waals surface area (Å²) in [6, 6.07) is 21.6. The minimum atomic E-state index is -0.468. The Morgan fingerprint density at radius 3 is 2.58 bits per heavy atom. The van der Waals surface area contributed by atoms with E-state index in [2.05, 4.69) is 31.4 Å². The molecule has 0 amide bonds. The summed E-state index contributed by atoms with van der Waals surface area (Å²) in [5.41, 5.74) is 5.89. The molecule has 3 aromatic carbocycles. The second-order valence-electron chi connectivity index (χ2n) is 6.35. The molecule has 0 saturated carbocycles. The van der Waals surface area contributed by atoms with Gasteiger partial charge in [0.25, 0.3) is 0 Å². The summed E-state index contributed by atoms with van der Waals surface area (Å²) >= 11 is 10.8. The number of ether oxygens (including phenoxy) is 1. The van der Waals surface area contributed by atoms with Crippen molar-refractivity contribution in [2.24, 2.45) is 5.10 Å². The Bertz CT molecular complexity index is 1220. The first-order valence-electron chi connectivity index (χ1n) is 9.16. The number of aromatic nitrogens is 1. The molecule has 1 aromatic heterocycles. The number of nitrogens with zero attached hydrogens (tertiary/aromatic N) is 2. The van der Waals surface area contributed by atoms with Gasteiger partial charge in [-0.05, 0) is 48.5 Å². The lowest BCUT2D eigenvalue weighted by atomic mass is 10.2. The molecule has 154 valence electrons. The van der Waals surface area contributed by atoms with Crippen molar-refractivity contribution >= 4 is 56.2 Å². The van der Waals surface area contributed by atoms with Crippen LogP contribution in [0.4, 0.5) is 5.13 Å². The van der Waals surface area contributed by atoms with E-state index in [9.17, 15) is 4.79 Å². The van der Waals surface area contributed by atoms with Crippen LogP contribution >= 0.6 is 38.9 Å². The monoisotopic (exact) mass is 511 g/mol. The molecule has 31 heavy (non-hydrogen) atoms. The quantitative estimate of drug-likeness (QED) is 0.132. The molecule has 8 heteroatoms. The zero-order chi connectivity index (χ0) is 21.6. The standard InChI is InChI=1S/C23H15BrClN3O2S/c24-18-9-5-15(6-10-18)20-14-31-23(27-20)28-26-13-17-3-1-2-4-21(17)30-22(29)16-7-11-19(25)12-8-16/h1-14H,(H,27,28)/b26-13-. The number of halogens is 2. The predicted octanol–water partition coefficient (Wildman–Crippen LogP) is 6.89. The molecular weight excluding hydrogens is 498 g/mol. The summed E-state index contributed by atoms with van der Waals surface area (Å²) < 4.78 is 6.55. The molecule has 0 spiro atoms. The zero-order valence-corrected chi connectivity index (χ0v) is 19.1. The molecule has 0 aliphatic carbocycles. The summed E-state index contributed by atoms with van der Waals surface area (Å²) in [7, 11) is 0. The van der Waals surface area contributed by atoms with Crippen LogP contribution in [0.5, 0.6) is 5.75 Å². The lowest BCUT2D eigenvalue weighted by Crippen LogP contribution is -2.09. The van der Waals surface area contributed by atoms with Gasteiger partial charge in [-0.2, -0.15) is 5.10 Å². The molecule has 1 N–H and O–H groups in total. The average Bonchev–Trinajstić information content (AvgIpc) is 3.25. The van der Waals surface area contributed by atoms with E-state index in [1.54, 1.807) is 42.6 Å². The van der Waals surface area contributed by atoms with Gasteiger partial charge in [0, 0.05) is 26.0 Å². The fourth-order valence-electron chi connectivity index (χ4n) is 2.66. The Balaban J connectivity index is 1.43. The molecule has 0 aliphatic heterocycles. The van der Waals surface area contributed by atoms with Gasteiger partial charge in [-0.3, -0.25) is 5.43 Å². The van der Waals surface area contributed by atoms with Crippen LogP contribution in [0.2, 0.25) is 5.02 Å². The highest BCUT2D eigenvalue weighted by atomic mass is 79.9. The van der Waals surface area contributed by atoms with E-state index < -0.39 is 5.97 Å². The Hall–Kier alpha value is -3.00. The SMILES string of the molecule is O=C(Oc1ccccc1/C=N\Nc1nc(-c2ccc(Br)cc2)cs1)c1ccc(Cl)cc1. The second kappa shape index (κ2) is 9.87. The number of anilines is 1. The number of para-hydroxylation sites is 1. The minimum Gasteiger partial charge on any atom is -0.422 e. The van der Waals surface area contributed by atoms with Crippen LogP contribution in [-0.4, -0.2) is 17.2 Å². The maximum atomic E-state index is 12.4. The summed E-state index contributed by atoms with van der Waals surface area (Å²) in [5, 5.41) is 7.42. The molecule has 4 rings (SSSR count). The van der Waals surface area contributed by atoms with Gasteiger partial charge in [0.15, 0.2) is 0 Å². The number of hydrazone groups is 1. The molecule has 0 aliphatic rings. The van der Waals surface area contributed by atoms with E-state index in [4.69, 9.17) is 16.3 Å². The molecule has 0 radical (unpaired) electrons. The Kier molecular flexibility index (Phi) is 6.76. The van der Waals surface area contributed by atoms with Crippen LogP contribution in [0, 0.1) is 0 Å². The third kappa shape index (κ3) is 5.58. The highest BCUT2D eigenvalue weighted by Gasteiger charge is 2.11. The van der Waals surface area contributed by atoms with Gasteiger partial charge in [0.1, 0.15) is 5.75 Å². The van der Waals surface area contributed by atoms with Gasteiger partial charge >= 0.3 is 5.97 Å². The normalized spacial score (nSPS) is 10.9. The highest BCUT2D eigenvalue weighted by molar-refractivity contribution is 9.10. The maximum absolute atomic E-state index is 12.4. The Morgan fingerprint density at radius 1 is 1.06 bits per heavy atom. The van der Waals surface area contributed by atoms with Crippen molar-refractivity contribution in [2.45, 2.75) is 0 Å². The van der Waals surface area contributed by atoms with Gasteiger partial charge in [-0.15, -0.1) is 11.3 Å². The minimum absolute atomic E-state index is 0.405. The molecule has 5 nitrogen and oxygen atoms in total. The first-order valence-corrected chi connectivity index (χ1v) is 11.2. The fraction of sp³-hybridized carbons (Fsp3) is 0. The largest absolute Gasteiger partial charge is 0.422 e. The highest BCUT2D eigenvalue weighted by Crippen LogP contribution is 2.26. The number of hydrogen-bond acceptors (Lipinski definition) is 6. The van der Waals surface area contributed by atoms with Gasteiger partial charge in [-0.1, -0.05) is 51.8 Å². The third-order valence-electron chi connectivity index (χ3n) is 4.21. The first-order chi connectivity index (χ1) is 15.1. The van der Waals surface area contributed by atoms with Gasteiger partial charge < -0.3 is 4.74 Å². The Labute approximate surface area is 196 Å². The van der Waals surface area contributed by atoms with Crippen molar-refractivity contribution in [1.29, 1.82) is 0 Å². The van der Waals surface area contributed by atoms with Gasteiger partial charge in [-0.25, -0.2) is 9.78 Å².